The number of alkyl halides is 3. The lowest BCUT2D eigenvalue weighted by Crippen LogP contribution is -2.28. The standard InChI is InChI=1S/C13H17F3N2O2/c1-12(2,3)20-11(19)18-10-5-4-8(7-17)6-9(10)13(14,15)16/h4-6H,7,17H2,1-3H3,(H,18,19). The first kappa shape index (κ1) is 16.3. The minimum absolute atomic E-state index is 0.0181. The van der Waals surface area contributed by atoms with Gasteiger partial charge in [-0.05, 0) is 38.5 Å². The van der Waals surface area contributed by atoms with E-state index in [0.717, 1.165) is 12.1 Å². The van der Waals surface area contributed by atoms with Crippen LogP contribution in [0, 0.1) is 0 Å². The van der Waals surface area contributed by atoms with Gasteiger partial charge in [-0.25, -0.2) is 4.79 Å². The summed E-state index contributed by atoms with van der Waals surface area (Å²) >= 11 is 0. The van der Waals surface area contributed by atoms with E-state index in [1.54, 1.807) is 20.8 Å². The number of benzene rings is 1. The van der Waals surface area contributed by atoms with Crippen LogP contribution < -0.4 is 11.1 Å². The molecule has 20 heavy (non-hydrogen) atoms. The highest BCUT2D eigenvalue weighted by Crippen LogP contribution is 2.35. The molecule has 1 amide bonds. The van der Waals surface area contributed by atoms with Crippen molar-refractivity contribution in [1.29, 1.82) is 0 Å². The molecule has 0 atom stereocenters. The Labute approximate surface area is 115 Å². The van der Waals surface area contributed by atoms with Gasteiger partial charge in [-0.2, -0.15) is 13.2 Å². The number of halogens is 3. The molecule has 0 saturated heterocycles. The van der Waals surface area contributed by atoms with Gasteiger partial charge in [0.2, 0.25) is 0 Å². The monoisotopic (exact) mass is 290 g/mol. The third kappa shape index (κ3) is 4.73. The number of carbonyl (C=O) groups is 1. The van der Waals surface area contributed by atoms with Crippen molar-refractivity contribution in [3.63, 3.8) is 0 Å². The maximum absolute atomic E-state index is 12.9. The van der Waals surface area contributed by atoms with Crippen LogP contribution in [0.2, 0.25) is 0 Å². The van der Waals surface area contributed by atoms with Crippen molar-refractivity contribution in [2.45, 2.75) is 39.1 Å². The van der Waals surface area contributed by atoms with E-state index in [-0.39, 0.29) is 12.2 Å². The molecule has 0 unspecified atom stereocenters. The number of anilines is 1. The van der Waals surface area contributed by atoms with Crippen LogP contribution in [0.3, 0.4) is 0 Å². The summed E-state index contributed by atoms with van der Waals surface area (Å²) in [6, 6.07) is 3.49. The lowest BCUT2D eigenvalue weighted by molar-refractivity contribution is -0.137. The lowest BCUT2D eigenvalue weighted by Gasteiger charge is -2.21. The van der Waals surface area contributed by atoms with Gasteiger partial charge in [0.05, 0.1) is 11.3 Å². The van der Waals surface area contributed by atoms with E-state index in [0.29, 0.717) is 5.56 Å². The first-order chi connectivity index (χ1) is 9.03. The summed E-state index contributed by atoms with van der Waals surface area (Å²) in [7, 11) is 0. The van der Waals surface area contributed by atoms with E-state index in [9.17, 15) is 18.0 Å². The van der Waals surface area contributed by atoms with Crippen LogP contribution in [0.5, 0.6) is 0 Å². The van der Waals surface area contributed by atoms with Crippen LogP contribution in [-0.2, 0) is 17.5 Å². The van der Waals surface area contributed by atoms with E-state index in [1.807, 2.05) is 0 Å². The second kappa shape index (κ2) is 5.70. The predicted octanol–water partition coefficient (Wildman–Crippen LogP) is 3.51. The maximum Gasteiger partial charge on any atom is 0.418 e. The molecule has 0 saturated carbocycles. The van der Waals surface area contributed by atoms with Crippen molar-refractivity contribution in [2.24, 2.45) is 5.73 Å². The average molecular weight is 290 g/mol. The van der Waals surface area contributed by atoms with Crippen LogP contribution >= 0.6 is 0 Å². The zero-order valence-electron chi connectivity index (χ0n) is 11.5. The molecule has 3 N–H and O–H groups in total. The Hall–Kier alpha value is -1.76. The first-order valence-electron chi connectivity index (χ1n) is 5.93. The highest BCUT2D eigenvalue weighted by molar-refractivity contribution is 5.86. The highest BCUT2D eigenvalue weighted by Gasteiger charge is 2.34. The van der Waals surface area contributed by atoms with Gasteiger partial charge in [-0.15, -0.1) is 0 Å². The Bertz CT molecular complexity index is 493. The molecule has 1 aromatic carbocycles. The molecule has 0 fully saturated rings. The third-order valence-electron chi connectivity index (χ3n) is 2.26. The second-order valence-corrected chi connectivity index (χ2v) is 5.21. The topological polar surface area (TPSA) is 64.3 Å². The molecule has 1 rings (SSSR count). The number of hydrogen-bond donors (Lipinski definition) is 2. The molecule has 0 heterocycles. The van der Waals surface area contributed by atoms with Gasteiger partial charge in [0.25, 0.3) is 0 Å². The minimum atomic E-state index is -4.59. The molecule has 0 bridgehead atoms. The molecule has 112 valence electrons. The van der Waals surface area contributed by atoms with Crippen LogP contribution in [0.25, 0.3) is 0 Å². The number of nitrogens with one attached hydrogen (secondary N) is 1. The Morgan fingerprint density at radius 1 is 1.30 bits per heavy atom. The van der Waals surface area contributed by atoms with Crippen molar-refractivity contribution in [3.8, 4) is 0 Å². The molecule has 0 aliphatic rings. The van der Waals surface area contributed by atoms with E-state index in [1.165, 1.54) is 6.07 Å². The fraction of sp³-hybridized carbons (Fsp3) is 0.462. The highest BCUT2D eigenvalue weighted by atomic mass is 19.4. The fourth-order valence-electron chi connectivity index (χ4n) is 1.48. The molecule has 0 spiro atoms. The van der Waals surface area contributed by atoms with Crippen LogP contribution in [0.4, 0.5) is 23.7 Å². The van der Waals surface area contributed by atoms with E-state index in [4.69, 9.17) is 10.5 Å². The number of amides is 1. The summed E-state index contributed by atoms with van der Waals surface area (Å²) in [5.74, 6) is 0. The van der Waals surface area contributed by atoms with Crippen molar-refractivity contribution in [1.82, 2.24) is 0 Å². The van der Waals surface area contributed by atoms with Crippen LogP contribution in [0.1, 0.15) is 31.9 Å². The largest absolute Gasteiger partial charge is 0.444 e. The van der Waals surface area contributed by atoms with E-state index >= 15 is 0 Å². The van der Waals surface area contributed by atoms with Crippen molar-refractivity contribution in [2.75, 3.05) is 5.32 Å². The van der Waals surface area contributed by atoms with E-state index < -0.39 is 23.4 Å². The van der Waals surface area contributed by atoms with Gasteiger partial charge in [-0.3, -0.25) is 5.32 Å². The summed E-state index contributed by atoms with van der Waals surface area (Å²) in [5, 5.41) is 2.10. The predicted molar refractivity (Wildman–Crippen MR) is 69.2 cm³/mol. The molecule has 0 aliphatic heterocycles. The molecule has 0 radical (unpaired) electrons. The molecule has 0 aromatic heterocycles. The summed E-state index contributed by atoms with van der Waals surface area (Å²) in [4.78, 5) is 11.5. The van der Waals surface area contributed by atoms with Gasteiger partial charge in [-0.1, -0.05) is 6.07 Å². The number of ether oxygens (including phenoxy) is 1. The number of rotatable bonds is 2. The number of nitrogens with two attached hydrogens (primary N) is 1. The summed E-state index contributed by atoms with van der Waals surface area (Å²) in [6.45, 7) is 4.84. The maximum atomic E-state index is 12.9. The Morgan fingerprint density at radius 2 is 1.90 bits per heavy atom. The smallest absolute Gasteiger partial charge is 0.418 e. The molecule has 7 heteroatoms. The Balaban J connectivity index is 3.03. The summed E-state index contributed by atoms with van der Waals surface area (Å²) < 4.78 is 43.7. The molecular formula is C13H17F3N2O2. The molecule has 0 aliphatic carbocycles. The van der Waals surface area contributed by atoms with Crippen molar-refractivity contribution in [3.05, 3.63) is 29.3 Å². The fourth-order valence-corrected chi connectivity index (χ4v) is 1.48. The minimum Gasteiger partial charge on any atom is -0.444 e. The van der Waals surface area contributed by atoms with Gasteiger partial charge < -0.3 is 10.5 Å². The summed E-state index contributed by atoms with van der Waals surface area (Å²) in [6.07, 6.45) is -5.53. The first-order valence-corrected chi connectivity index (χ1v) is 5.93. The SMILES string of the molecule is CC(C)(C)OC(=O)Nc1ccc(CN)cc1C(F)(F)F. The zero-order valence-corrected chi connectivity index (χ0v) is 11.5. The van der Waals surface area contributed by atoms with Gasteiger partial charge in [0, 0.05) is 6.54 Å². The quantitative estimate of drug-likeness (QED) is 0.876. The third-order valence-corrected chi connectivity index (χ3v) is 2.26. The van der Waals surface area contributed by atoms with Gasteiger partial charge in [0.15, 0.2) is 0 Å². The average Bonchev–Trinajstić information content (AvgIpc) is 2.25. The van der Waals surface area contributed by atoms with Crippen LogP contribution in [-0.4, -0.2) is 11.7 Å². The molecular weight excluding hydrogens is 273 g/mol. The molecule has 4 nitrogen and oxygen atoms in total. The van der Waals surface area contributed by atoms with E-state index in [2.05, 4.69) is 5.32 Å². The Kier molecular flexibility index (Phi) is 4.65. The Morgan fingerprint density at radius 3 is 2.35 bits per heavy atom. The normalized spacial score (nSPS) is 12.2. The lowest BCUT2D eigenvalue weighted by atomic mass is 10.1. The number of carbonyl (C=O) groups excluding carboxylic acids is 1. The number of hydrogen-bond acceptors (Lipinski definition) is 3. The van der Waals surface area contributed by atoms with Crippen molar-refractivity contribution >= 4 is 11.8 Å². The van der Waals surface area contributed by atoms with Crippen molar-refractivity contribution < 1.29 is 22.7 Å². The van der Waals surface area contributed by atoms with Gasteiger partial charge in [0.1, 0.15) is 5.60 Å². The molecule has 1 aromatic rings. The second-order valence-electron chi connectivity index (χ2n) is 5.21. The zero-order chi connectivity index (χ0) is 15.6. The van der Waals surface area contributed by atoms with Gasteiger partial charge >= 0.3 is 12.3 Å². The van der Waals surface area contributed by atoms with Crippen LogP contribution in [0.15, 0.2) is 18.2 Å². The summed E-state index contributed by atoms with van der Waals surface area (Å²) in [5.41, 5.74) is 3.54.